The number of hydrogen-bond acceptors (Lipinski definition) is 4. The molecule has 0 radical (unpaired) electrons. The largest absolute Gasteiger partial charge is 0.433 e. The predicted octanol–water partition coefficient (Wildman–Crippen LogP) is 6.87. The predicted molar refractivity (Wildman–Crippen MR) is 134 cm³/mol. The standard InChI is InChI=1S/C24H14Cl3F3N6O/c25-14-6-4-13(5-7-14)18-10-20(24(28,29)30)36-22(31-18)11-19(33-36)23(37)32-21-8-9-35(34-21)12-15-16(26)2-1-3-17(15)27/h1-11H,12H2,(H,32,34,37). The molecule has 0 aliphatic carbocycles. The summed E-state index contributed by atoms with van der Waals surface area (Å²) in [5.41, 5.74) is -0.371. The Morgan fingerprint density at radius 2 is 1.65 bits per heavy atom. The van der Waals surface area contributed by atoms with Crippen molar-refractivity contribution in [2.75, 3.05) is 5.32 Å². The maximum atomic E-state index is 13.8. The van der Waals surface area contributed by atoms with Gasteiger partial charge < -0.3 is 5.32 Å². The molecule has 0 saturated heterocycles. The first-order valence-electron chi connectivity index (χ1n) is 10.6. The summed E-state index contributed by atoms with van der Waals surface area (Å²) in [4.78, 5) is 17.1. The van der Waals surface area contributed by atoms with Gasteiger partial charge in [0.15, 0.2) is 22.9 Å². The van der Waals surface area contributed by atoms with E-state index < -0.39 is 17.8 Å². The smallest absolute Gasteiger partial charge is 0.304 e. The van der Waals surface area contributed by atoms with E-state index in [1.807, 2.05) is 0 Å². The van der Waals surface area contributed by atoms with Gasteiger partial charge >= 0.3 is 6.18 Å². The van der Waals surface area contributed by atoms with Crippen molar-refractivity contribution in [2.45, 2.75) is 12.7 Å². The number of fused-ring (bicyclic) bond motifs is 1. The fraction of sp³-hybridized carbons (Fsp3) is 0.0833. The normalized spacial score (nSPS) is 11.7. The van der Waals surface area contributed by atoms with Crippen molar-refractivity contribution < 1.29 is 18.0 Å². The summed E-state index contributed by atoms with van der Waals surface area (Å²) in [7, 11) is 0. The van der Waals surface area contributed by atoms with Gasteiger partial charge in [-0.2, -0.15) is 23.4 Å². The van der Waals surface area contributed by atoms with Gasteiger partial charge in [0, 0.05) is 44.5 Å². The lowest BCUT2D eigenvalue weighted by atomic mass is 10.1. The van der Waals surface area contributed by atoms with Crippen molar-refractivity contribution in [3.63, 3.8) is 0 Å². The molecule has 2 aromatic carbocycles. The minimum atomic E-state index is -4.75. The molecule has 1 amide bonds. The number of carbonyl (C=O) groups is 1. The van der Waals surface area contributed by atoms with Crippen LogP contribution in [0.15, 0.2) is 66.9 Å². The molecule has 0 bridgehead atoms. The van der Waals surface area contributed by atoms with Gasteiger partial charge in [-0.1, -0.05) is 53.0 Å². The Kier molecular flexibility index (Phi) is 6.57. The second-order valence-corrected chi connectivity index (χ2v) is 9.13. The molecule has 13 heteroatoms. The van der Waals surface area contributed by atoms with E-state index in [9.17, 15) is 18.0 Å². The molecule has 0 atom stereocenters. The Bertz CT molecular complexity index is 1610. The number of halogens is 6. The summed E-state index contributed by atoms with van der Waals surface area (Å²) in [6.07, 6.45) is -3.15. The van der Waals surface area contributed by atoms with Crippen molar-refractivity contribution in [1.82, 2.24) is 24.4 Å². The molecule has 0 aliphatic rings. The fourth-order valence-electron chi connectivity index (χ4n) is 3.60. The van der Waals surface area contributed by atoms with E-state index >= 15 is 0 Å². The van der Waals surface area contributed by atoms with Gasteiger partial charge in [-0.05, 0) is 30.3 Å². The van der Waals surface area contributed by atoms with Crippen molar-refractivity contribution >= 4 is 52.2 Å². The SMILES string of the molecule is O=C(Nc1ccn(Cc2c(Cl)cccc2Cl)n1)c1cc2nc(-c3ccc(Cl)cc3)cc(C(F)(F)F)n2n1. The molecule has 37 heavy (non-hydrogen) atoms. The Morgan fingerprint density at radius 1 is 0.946 bits per heavy atom. The molecule has 1 N–H and O–H groups in total. The van der Waals surface area contributed by atoms with Gasteiger partial charge in [-0.15, -0.1) is 0 Å². The van der Waals surface area contributed by atoms with Crippen LogP contribution in [-0.2, 0) is 12.7 Å². The van der Waals surface area contributed by atoms with E-state index in [2.05, 4.69) is 20.5 Å². The van der Waals surface area contributed by atoms with Crippen LogP contribution in [0.25, 0.3) is 16.9 Å². The molecule has 3 heterocycles. The number of carbonyl (C=O) groups excluding carboxylic acids is 1. The van der Waals surface area contributed by atoms with E-state index in [1.165, 1.54) is 16.8 Å². The first-order valence-corrected chi connectivity index (χ1v) is 11.7. The van der Waals surface area contributed by atoms with Crippen LogP contribution in [0.5, 0.6) is 0 Å². The average Bonchev–Trinajstić information content (AvgIpc) is 3.47. The Labute approximate surface area is 222 Å². The van der Waals surface area contributed by atoms with Crippen LogP contribution in [0.4, 0.5) is 19.0 Å². The summed E-state index contributed by atoms with van der Waals surface area (Å²) < 4.78 is 43.6. The summed E-state index contributed by atoms with van der Waals surface area (Å²) >= 11 is 18.3. The molecule has 0 fully saturated rings. The number of benzene rings is 2. The summed E-state index contributed by atoms with van der Waals surface area (Å²) in [6, 6.07) is 14.9. The third-order valence-corrected chi connectivity index (χ3v) is 6.31. The van der Waals surface area contributed by atoms with Crippen LogP contribution < -0.4 is 5.32 Å². The molecular weight excluding hydrogens is 552 g/mol. The number of anilines is 1. The third kappa shape index (κ3) is 5.27. The van der Waals surface area contributed by atoms with Crippen molar-refractivity contribution in [3.8, 4) is 11.3 Å². The van der Waals surface area contributed by atoms with Gasteiger partial charge in [0.25, 0.3) is 5.91 Å². The number of aromatic nitrogens is 5. The topological polar surface area (TPSA) is 77.1 Å². The van der Waals surface area contributed by atoms with Crippen LogP contribution in [-0.4, -0.2) is 30.3 Å². The van der Waals surface area contributed by atoms with E-state index in [0.717, 1.165) is 6.07 Å². The van der Waals surface area contributed by atoms with Crippen molar-refractivity contribution in [3.05, 3.63) is 98.9 Å². The first kappa shape index (κ1) is 25.1. The number of nitrogens with one attached hydrogen (secondary N) is 1. The lowest BCUT2D eigenvalue weighted by Crippen LogP contribution is -2.16. The van der Waals surface area contributed by atoms with Gasteiger partial charge in [0.1, 0.15) is 0 Å². The second-order valence-electron chi connectivity index (χ2n) is 7.88. The molecule has 7 nitrogen and oxygen atoms in total. The number of alkyl halides is 3. The number of rotatable bonds is 5. The van der Waals surface area contributed by atoms with Crippen LogP contribution in [0, 0.1) is 0 Å². The number of amides is 1. The molecule has 5 rings (SSSR count). The molecule has 0 saturated carbocycles. The molecule has 0 unspecified atom stereocenters. The van der Waals surface area contributed by atoms with Crippen LogP contribution in [0.1, 0.15) is 21.7 Å². The maximum Gasteiger partial charge on any atom is 0.433 e. The quantitative estimate of drug-likeness (QED) is 0.252. The highest BCUT2D eigenvalue weighted by Crippen LogP contribution is 2.33. The molecule has 188 valence electrons. The van der Waals surface area contributed by atoms with Crippen molar-refractivity contribution in [1.29, 1.82) is 0 Å². The third-order valence-electron chi connectivity index (χ3n) is 5.35. The molecule has 0 spiro atoms. The molecule has 0 aliphatic heterocycles. The zero-order chi connectivity index (χ0) is 26.3. The number of hydrogen-bond donors (Lipinski definition) is 1. The first-order chi connectivity index (χ1) is 17.6. The van der Waals surface area contributed by atoms with Crippen LogP contribution in [0.3, 0.4) is 0 Å². The van der Waals surface area contributed by atoms with Crippen molar-refractivity contribution in [2.24, 2.45) is 0 Å². The van der Waals surface area contributed by atoms with E-state index in [4.69, 9.17) is 34.8 Å². The van der Waals surface area contributed by atoms with E-state index in [1.54, 1.807) is 48.7 Å². The highest BCUT2D eigenvalue weighted by atomic mass is 35.5. The Morgan fingerprint density at radius 3 is 2.32 bits per heavy atom. The van der Waals surface area contributed by atoms with Gasteiger partial charge in [-0.25, -0.2) is 9.50 Å². The van der Waals surface area contributed by atoms with E-state index in [-0.39, 0.29) is 29.4 Å². The van der Waals surface area contributed by atoms with Gasteiger partial charge in [0.2, 0.25) is 0 Å². The number of nitrogens with zero attached hydrogens (tertiary/aromatic N) is 5. The highest BCUT2D eigenvalue weighted by molar-refractivity contribution is 6.36. The molecule has 3 aromatic heterocycles. The highest BCUT2D eigenvalue weighted by Gasteiger charge is 2.35. The summed E-state index contributed by atoms with van der Waals surface area (Å²) in [5, 5.41) is 12.0. The fourth-order valence-corrected chi connectivity index (χ4v) is 4.24. The average molecular weight is 566 g/mol. The lowest BCUT2D eigenvalue weighted by molar-refractivity contribution is -0.142. The zero-order valence-electron chi connectivity index (χ0n) is 18.5. The Balaban J connectivity index is 1.43. The van der Waals surface area contributed by atoms with Crippen LogP contribution >= 0.6 is 34.8 Å². The van der Waals surface area contributed by atoms with E-state index in [0.29, 0.717) is 30.7 Å². The minimum Gasteiger partial charge on any atom is -0.304 e. The Hall–Kier alpha value is -3.60. The summed E-state index contributed by atoms with van der Waals surface area (Å²) in [6.45, 7) is 0.245. The molecule has 5 aromatic rings. The molecular formula is C24H14Cl3F3N6O. The summed E-state index contributed by atoms with van der Waals surface area (Å²) in [5.74, 6) is -0.594. The minimum absolute atomic E-state index is 0.0559. The van der Waals surface area contributed by atoms with Gasteiger partial charge in [-0.3, -0.25) is 9.48 Å². The monoisotopic (exact) mass is 564 g/mol. The van der Waals surface area contributed by atoms with Crippen LogP contribution in [0.2, 0.25) is 15.1 Å². The second kappa shape index (κ2) is 9.70. The van der Waals surface area contributed by atoms with Gasteiger partial charge in [0.05, 0.1) is 12.2 Å². The maximum absolute atomic E-state index is 13.8. The zero-order valence-corrected chi connectivity index (χ0v) is 20.7. The lowest BCUT2D eigenvalue weighted by Gasteiger charge is -2.11.